The van der Waals surface area contributed by atoms with Gasteiger partial charge in [0.25, 0.3) is 5.91 Å². The second-order valence-electron chi connectivity index (χ2n) is 7.06. The van der Waals surface area contributed by atoms with E-state index in [0.29, 0.717) is 41.8 Å². The number of rotatable bonds is 6. The van der Waals surface area contributed by atoms with E-state index in [9.17, 15) is 4.79 Å². The highest BCUT2D eigenvalue weighted by atomic mass is 35.5. The van der Waals surface area contributed by atoms with Gasteiger partial charge in [0.1, 0.15) is 5.56 Å². The largest absolute Gasteiger partial charge is 0.379 e. The number of benzene rings is 1. The summed E-state index contributed by atoms with van der Waals surface area (Å²) in [5.74, 6) is 0.541. The number of ether oxygens (including phenoxy) is 1. The van der Waals surface area contributed by atoms with Gasteiger partial charge in [-0.15, -0.1) is 0 Å². The van der Waals surface area contributed by atoms with Crippen molar-refractivity contribution >= 4 is 17.5 Å². The minimum absolute atomic E-state index is 0.0192. The molecule has 0 bridgehead atoms. The van der Waals surface area contributed by atoms with Crippen molar-refractivity contribution in [2.24, 2.45) is 0 Å². The van der Waals surface area contributed by atoms with E-state index < -0.39 is 0 Å². The smallest absolute Gasteiger partial charge is 0.256 e. The molecule has 0 spiro atoms. The third-order valence-corrected chi connectivity index (χ3v) is 5.19. The zero-order valence-electron chi connectivity index (χ0n) is 16.0. The summed E-state index contributed by atoms with van der Waals surface area (Å²) in [6.45, 7) is 9.16. The molecule has 1 aliphatic heterocycles. The molecular formula is C20H26ClN3O3. The van der Waals surface area contributed by atoms with Gasteiger partial charge < -0.3 is 14.6 Å². The van der Waals surface area contributed by atoms with E-state index >= 15 is 0 Å². The number of hydrogen-bond acceptors (Lipinski definition) is 5. The summed E-state index contributed by atoms with van der Waals surface area (Å²) in [7, 11) is 0. The zero-order chi connectivity index (χ0) is 19.4. The minimum Gasteiger partial charge on any atom is -0.379 e. The van der Waals surface area contributed by atoms with Crippen LogP contribution in [-0.4, -0.2) is 48.8 Å². The van der Waals surface area contributed by atoms with Gasteiger partial charge >= 0.3 is 0 Å². The van der Waals surface area contributed by atoms with Crippen LogP contribution in [-0.2, 0) is 4.74 Å². The summed E-state index contributed by atoms with van der Waals surface area (Å²) in [6, 6.07) is 7.76. The third-order valence-electron chi connectivity index (χ3n) is 4.85. The van der Waals surface area contributed by atoms with Gasteiger partial charge in [0.15, 0.2) is 5.76 Å². The summed E-state index contributed by atoms with van der Waals surface area (Å²) >= 11 is 6.45. The lowest BCUT2D eigenvalue weighted by Crippen LogP contribution is -2.44. The lowest BCUT2D eigenvalue weighted by molar-refractivity contribution is 0.0162. The summed E-state index contributed by atoms with van der Waals surface area (Å²) in [5.41, 5.74) is 2.15. The van der Waals surface area contributed by atoms with Crippen molar-refractivity contribution in [3.05, 3.63) is 51.9 Å². The molecule has 0 saturated carbocycles. The van der Waals surface area contributed by atoms with Gasteiger partial charge in [0.2, 0.25) is 0 Å². The molecule has 7 heteroatoms. The van der Waals surface area contributed by atoms with Crippen molar-refractivity contribution in [1.82, 2.24) is 15.4 Å². The number of halogens is 1. The molecule has 0 aliphatic carbocycles. The van der Waals surface area contributed by atoms with E-state index in [1.165, 1.54) is 0 Å². The quantitative estimate of drug-likeness (QED) is 0.815. The van der Waals surface area contributed by atoms with Gasteiger partial charge in [-0.2, -0.15) is 0 Å². The number of nitrogens with one attached hydrogen (secondary N) is 1. The van der Waals surface area contributed by atoms with Crippen LogP contribution >= 0.6 is 11.6 Å². The Bertz CT molecular complexity index is 785. The van der Waals surface area contributed by atoms with Crippen LogP contribution in [0.3, 0.4) is 0 Å². The van der Waals surface area contributed by atoms with Crippen LogP contribution in [0.4, 0.5) is 0 Å². The molecule has 3 rings (SSSR count). The Morgan fingerprint density at radius 1 is 1.30 bits per heavy atom. The van der Waals surface area contributed by atoms with E-state index in [1.54, 1.807) is 6.92 Å². The number of carbonyl (C=O) groups excluding carboxylic acids is 1. The number of morpholine rings is 1. The van der Waals surface area contributed by atoms with Crippen LogP contribution < -0.4 is 5.32 Å². The number of nitrogens with zero attached hydrogens (tertiary/aromatic N) is 2. The Morgan fingerprint density at radius 2 is 2.00 bits per heavy atom. The highest BCUT2D eigenvalue weighted by molar-refractivity contribution is 6.31. The van der Waals surface area contributed by atoms with Gasteiger partial charge in [0.05, 0.1) is 24.9 Å². The van der Waals surface area contributed by atoms with E-state index in [4.69, 9.17) is 20.9 Å². The Balaban J connectivity index is 1.80. The molecule has 1 atom stereocenters. The lowest BCUT2D eigenvalue weighted by Gasteiger charge is -2.35. The Labute approximate surface area is 164 Å². The fourth-order valence-corrected chi connectivity index (χ4v) is 3.67. The normalized spacial score (nSPS) is 16.5. The molecule has 1 fully saturated rings. The standard InChI is InChI=1S/C20H26ClN3O3/c1-13(2)19-18(14(3)23-27-19)20(25)22-12-17(24-8-10-26-11-9-24)15-6-4-5-7-16(15)21/h4-7,13,17H,8-12H2,1-3H3,(H,22,25). The van der Waals surface area contributed by atoms with E-state index in [-0.39, 0.29) is 17.9 Å². The van der Waals surface area contributed by atoms with Crippen LogP contribution in [0.5, 0.6) is 0 Å². The maximum Gasteiger partial charge on any atom is 0.256 e. The monoisotopic (exact) mass is 391 g/mol. The first-order valence-electron chi connectivity index (χ1n) is 9.29. The van der Waals surface area contributed by atoms with E-state index in [0.717, 1.165) is 18.7 Å². The molecule has 1 amide bonds. The van der Waals surface area contributed by atoms with E-state index in [1.807, 2.05) is 38.1 Å². The molecule has 2 aromatic rings. The van der Waals surface area contributed by atoms with Gasteiger partial charge in [-0.1, -0.05) is 48.8 Å². The van der Waals surface area contributed by atoms with Gasteiger partial charge in [-0.05, 0) is 18.6 Å². The average molecular weight is 392 g/mol. The molecule has 27 heavy (non-hydrogen) atoms. The van der Waals surface area contributed by atoms with Crippen molar-refractivity contribution in [3.8, 4) is 0 Å². The predicted octanol–water partition coefficient (Wildman–Crippen LogP) is 3.56. The van der Waals surface area contributed by atoms with Crippen molar-refractivity contribution < 1.29 is 14.1 Å². The van der Waals surface area contributed by atoms with Crippen molar-refractivity contribution in [2.45, 2.75) is 32.7 Å². The van der Waals surface area contributed by atoms with Crippen molar-refractivity contribution in [3.63, 3.8) is 0 Å². The average Bonchev–Trinajstić information content (AvgIpc) is 3.06. The number of aromatic nitrogens is 1. The number of carbonyl (C=O) groups is 1. The summed E-state index contributed by atoms with van der Waals surface area (Å²) in [6.07, 6.45) is 0. The summed E-state index contributed by atoms with van der Waals surface area (Å²) in [4.78, 5) is 15.2. The summed E-state index contributed by atoms with van der Waals surface area (Å²) in [5, 5.41) is 7.73. The van der Waals surface area contributed by atoms with Crippen LogP contribution in [0, 0.1) is 6.92 Å². The third kappa shape index (κ3) is 4.51. The van der Waals surface area contributed by atoms with Crippen molar-refractivity contribution in [2.75, 3.05) is 32.8 Å². The molecule has 0 radical (unpaired) electrons. The first-order chi connectivity index (χ1) is 13.0. The second-order valence-corrected chi connectivity index (χ2v) is 7.46. The maximum atomic E-state index is 12.9. The molecule has 146 valence electrons. The molecule has 6 nitrogen and oxygen atoms in total. The van der Waals surface area contributed by atoms with Gasteiger partial charge in [0, 0.05) is 30.6 Å². The Morgan fingerprint density at radius 3 is 2.67 bits per heavy atom. The van der Waals surface area contributed by atoms with E-state index in [2.05, 4.69) is 15.4 Å². The Hall–Kier alpha value is -1.89. The number of amides is 1. The maximum absolute atomic E-state index is 12.9. The fourth-order valence-electron chi connectivity index (χ4n) is 3.41. The molecule has 1 unspecified atom stereocenters. The van der Waals surface area contributed by atoms with Crippen LogP contribution in [0.25, 0.3) is 0 Å². The molecule has 1 N–H and O–H groups in total. The first-order valence-corrected chi connectivity index (χ1v) is 9.67. The van der Waals surface area contributed by atoms with Crippen LogP contribution in [0.2, 0.25) is 5.02 Å². The minimum atomic E-state index is -0.164. The van der Waals surface area contributed by atoms with Crippen LogP contribution in [0.1, 0.15) is 53.2 Å². The van der Waals surface area contributed by atoms with Gasteiger partial charge in [-0.3, -0.25) is 9.69 Å². The molecule has 1 saturated heterocycles. The second kappa shape index (κ2) is 8.87. The van der Waals surface area contributed by atoms with Crippen LogP contribution in [0.15, 0.2) is 28.8 Å². The first kappa shape index (κ1) is 19.9. The highest BCUT2D eigenvalue weighted by Gasteiger charge is 2.27. The summed E-state index contributed by atoms with van der Waals surface area (Å²) < 4.78 is 10.8. The highest BCUT2D eigenvalue weighted by Crippen LogP contribution is 2.28. The number of aryl methyl sites for hydroxylation is 1. The predicted molar refractivity (Wildman–Crippen MR) is 104 cm³/mol. The molecular weight excluding hydrogens is 366 g/mol. The molecule has 1 aromatic carbocycles. The molecule has 1 aromatic heterocycles. The zero-order valence-corrected chi connectivity index (χ0v) is 16.8. The molecule has 2 heterocycles. The SMILES string of the molecule is Cc1noc(C(C)C)c1C(=O)NCC(c1ccccc1Cl)N1CCOCC1. The van der Waals surface area contributed by atoms with Gasteiger partial charge in [-0.25, -0.2) is 0 Å². The Kier molecular flexibility index (Phi) is 6.52. The molecule has 1 aliphatic rings. The lowest BCUT2D eigenvalue weighted by atomic mass is 10.0. The van der Waals surface area contributed by atoms with Crippen molar-refractivity contribution in [1.29, 1.82) is 0 Å². The number of hydrogen-bond donors (Lipinski definition) is 1. The topological polar surface area (TPSA) is 67.6 Å². The fraction of sp³-hybridized carbons (Fsp3) is 0.500.